The molecule has 1 aromatic heterocycles. The minimum Gasteiger partial charge on any atom is -0.341 e. The average molecular weight is 318 g/mol. The van der Waals surface area contributed by atoms with E-state index in [1.807, 2.05) is 24.0 Å². The van der Waals surface area contributed by atoms with Crippen molar-refractivity contribution in [2.45, 2.75) is 44.4 Å². The summed E-state index contributed by atoms with van der Waals surface area (Å²) in [6.07, 6.45) is 11.1. The van der Waals surface area contributed by atoms with E-state index >= 15 is 0 Å². The molecule has 1 aliphatic heterocycles. The number of hydrogen-bond donors (Lipinski definition) is 0. The normalized spacial score (nSPS) is 22.1. The molecule has 2 aliphatic rings. The fraction of sp³-hybridized carbons (Fsp3) is 0.667. The Labute approximate surface area is 137 Å². The Bertz CT molecular complexity index is 465. The Balaban J connectivity index is 1.81. The van der Waals surface area contributed by atoms with Crippen LogP contribution in [0.4, 0.5) is 0 Å². The lowest BCUT2D eigenvalue weighted by molar-refractivity contribution is -0.134. The highest BCUT2D eigenvalue weighted by Crippen LogP contribution is 2.37. The van der Waals surface area contributed by atoms with Crippen LogP contribution < -0.4 is 0 Å². The molecule has 4 heteroatoms. The topological polar surface area (TPSA) is 33.2 Å². The van der Waals surface area contributed by atoms with Gasteiger partial charge in [-0.25, -0.2) is 0 Å². The minimum absolute atomic E-state index is 0.0251. The van der Waals surface area contributed by atoms with E-state index < -0.39 is 0 Å². The van der Waals surface area contributed by atoms with Gasteiger partial charge in [-0.3, -0.25) is 9.78 Å². The zero-order valence-electron chi connectivity index (χ0n) is 13.2. The number of amides is 1. The summed E-state index contributed by atoms with van der Waals surface area (Å²) in [7, 11) is 0. The monoisotopic (exact) mass is 318 g/mol. The van der Waals surface area contributed by atoms with Crippen molar-refractivity contribution in [2.75, 3.05) is 24.6 Å². The summed E-state index contributed by atoms with van der Waals surface area (Å²) in [5, 5.41) is 0. The lowest BCUT2D eigenvalue weighted by atomic mass is 9.76. The summed E-state index contributed by atoms with van der Waals surface area (Å²) in [5.41, 5.74) is 1.12. The molecule has 2 fully saturated rings. The maximum atomic E-state index is 13.2. The van der Waals surface area contributed by atoms with Crippen LogP contribution in [0.3, 0.4) is 0 Å². The van der Waals surface area contributed by atoms with Gasteiger partial charge in [0, 0.05) is 31.2 Å². The fourth-order valence-corrected chi connectivity index (χ4v) is 4.69. The summed E-state index contributed by atoms with van der Waals surface area (Å²) in [6.45, 7) is 1.84. The second-order valence-corrected chi connectivity index (χ2v) is 7.68. The summed E-state index contributed by atoms with van der Waals surface area (Å²) < 4.78 is 0. The number of rotatable bonds is 3. The summed E-state index contributed by atoms with van der Waals surface area (Å²) in [5.74, 6) is 3.14. The molecule has 0 radical (unpaired) electrons. The van der Waals surface area contributed by atoms with Crippen molar-refractivity contribution in [3.63, 3.8) is 0 Å². The third-order valence-corrected chi connectivity index (χ3v) is 6.01. The van der Waals surface area contributed by atoms with Gasteiger partial charge >= 0.3 is 0 Å². The smallest absolute Gasteiger partial charge is 0.230 e. The summed E-state index contributed by atoms with van der Waals surface area (Å²) in [4.78, 5) is 19.6. The Morgan fingerprint density at radius 3 is 2.82 bits per heavy atom. The van der Waals surface area contributed by atoms with Gasteiger partial charge in [-0.1, -0.05) is 25.3 Å². The predicted molar refractivity (Wildman–Crippen MR) is 92.1 cm³/mol. The van der Waals surface area contributed by atoms with E-state index in [4.69, 9.17) is 0 Å². The number of aromatic nitrogens is 1. The molecule has 1 saturated heterocycles. The lowest BCUT2D eigenvalue weighted by Gasteiger charge is -2.33. The van der Waals surface area contributed by atoms with Crippen LogP contribution in [-0.4, -0.2) is 40.4 Å². The van der Waals surface area contributed by atoms with Crippen LogP contribution in [0.5, 0.6) is 0 Å². The van der Waals surface area contributed by atoms with Gasteiger partial charge in [0.25, 0.3) is 0 Å². The van der Waals surface area contributed by atoms with Crippen LogP contribution in [0.15, 0.2) is 24.5 Å². The van der Waals surface area contributed by atoms with Crippen LogP contribution in [-0.2, 0) is 4.79 Å². The van der Waals surface area contributed by atoms with Gasteiger partial charge < -0.3 is 4.90 Å². The molecule has 0 N–H and O–H groups in total. The van der Waals surface area contributed by atoms with Crippen LogP contribution >= 0.6 is 11.8 Å². The highest BCUT2D eigenvalue weighted by atomic mass is 32.2. The van der Waals surface area contributed by atoms with Gasteiger partial charge in [0.15, 0.2) is 0 Å². The standard InChI is InChI=1S/C18H26N2OS/c21-18(20-10-5-12-22-13-11-20)17(15-6-2-1-3-7-15)16-8-4-9-19-14-16/h4,8-9,14-15,17H,1-3,5-7,10-13H2. The van der Waals surface area contributed by atoms with Gasteiger partial charge in [0.2, 0.25) is 5.91 Å². The SMILES string of the molecule is O=C(C(c1cccnc1)C1CCCCC1)N1CCCSCC1. The summed E-state index contributed by atoms with van der Waals surface area (Å²) in [6, 6.07) is 4.06. The van der Waals surface area contributed by atoms with Crippen molar-refractivity contribution < 1.29 is 4.79 Å². The molecule has 1 atom stereocenters. The molecule has 1 unspecified atom stereocenters. The van der Waals surface area contributed by atoms with Crippen molar-refractivity contribution in [1.29, 1.82) is 0 Å². The van der Waals surface area contributed by atoms with E-state index in [0.717, 1.165) is 30.8 Å². The molecule has 3 rings (SSSR count). The van der Waals surface area contributed by atoms with Crippen LogP contribution in [0.2, 0.25) is 0 Å². The van der Waals surface area contributed by atoms with Crippen LogP contribution in [0, 0.1) is 5.92 Å². The van der Waals surface area contributed by atoms with Gasteiger partial charge in [0.05, 0.1) is 5.92 Å². The van der Waals surface area contributed by atoms with Crippen molar-refractivity contribution in [3.8, 4) is 0 Å². The van der Waals surface area contributed by atoms with E-state index in [9.17, 15) is 4.79 Å². The third kappa shape index (κ3) is 3.83. The van der Waals surface area contributed by atoms with E-state index in [0.29, 0.717) is 11.8 Å². The highest BCUT2D eigenvalue weighted by Gasteiger charge is 2.34. The van der Waals surface area contributed by atoms with Crippen molar-refractivity contribution >= 4 is 17.7 Å². The van der Waals surface area contributed by atoms with Gasteiger partial charge in [-0.2, -0.15) is 11.8 Å². The Hall–Kier alpha value is -1.03. The molecule has 0 spiro atoms. The van der Waals surface area contributed by atoms with Gasteiger partial charge in [-0.15, -0.1) is 0 Å². The summed E-state index contributed by atoms with van der Waals surface area (Å²) >= 11 is 1.97. The molecule has 1 amide bonds. The first-order valence-corrected chi connectivity index (χ1v) is 9.78. The van der Waals surface area contributed by atoms with Crippen molar-refractivity contribution in [1.82, 2.24) is 9.88 Å². The first-order valence-electron chi connectivity index (χ1n) is 8.63. The predicted octanol–water partition coefficient (Wildman–Crippen LogP) is 3.71. The largest absolute Gasteiger partial charge is 0.341 e. The van der Waals surface area contributed by atoms with E-state index in [1.165, 1.54) is 37.9 Å². The number of hydrogen-bond acceptors (Lipinski definition) is 3. The van der Waals surface area contributed by atoms with Crippen molar-refractivity contribution in [2.24, 2.45) is 5.92 Å². The first kappa shape index (κ1) is 15.9. The zero-order valence-corrected chi connectivity index (χ0v) is 14.1. The van der Waals surface area contributed by atoms with Crippen LogP contribution in [0.1, 0.15) is 50.0 Å². The molecule has 2 heterocycles. The second kappa shape index (κ2) is 8.00. The Kier molecular flexibility index (Phi) is 5.76. The fourth-order valence-electron chi connectivity index (χ4n) is 3.81. The molecular weight excluding hydrogens is 292 g/mol. The molecule has 0 bridgehead atoms. The number of nitrogens with zero attached hydrogens (tertiary/aromatic N) is 2. The van der Waals surface area contributed by atoms with Crippen molar-refractivity contribution in [3.05, 3.63) is 30.1 Å². The molecule has 1 aliphatic carbocycles. The lowest BCUT2D eigenvalue weighted by Crippen LogP contribution is -2.39. The minimum atomic E-state index is 0.0251. The molecule has 1 aromatic rings. The third-order valence-electron chi connectivity index (χ3n) is 4.96. The Morgan fingerprint density at radius 2 is 2.05 bits per heavy atom. The van der Waals surface area contributed by atoms with Crippen LogP contribution in [0.25, 0.3) is 0 Å². The maximum Gasteiger partial charge on any atom is 0.230 e. The molecular formula is C18H26N2OS. The van der Waals surface area contributed by atoms with E-state index in [2.05, 4.69) is 16.0 Å². The van der Waals surface area contributed by atoms with E-state index in [1.54, 1.807) is 6.20 Å². The quantitative estimate of drug-likeness (QED) is 0.852. The molecule has 120 valence electrons. The second-order valence-electron chi connectivity index (χ2n) is 6.45. The van der Waals surface area contributed by atoms with Gasteiger partial charge in [0.1, 0.15) is 0 Å². The number of carbonyl (C=O) groups is 1. The molecule has 22 heavy (non-hydrogen) atoms. The van der Waals surface area contributed by atoms with E-state index in [-0.39, 0.29) is 5.92 Å². The molecule has 0 aromatic carbocycles. The molecule has 1 saturated carbocycles. The zero-order chi connectivity index (χ0) is 15.2. The number of pyridine rings is 1. The highest BCUT2D eigenvalue weighted by molar-refractivity contribution is 7.99. The maximum absolute atomic E-state index is 13.2. The number of thioether (sulfide) groups is 1. The number of carbonyl (C=O) groups excluding carboxylic acids is 1. The first-order chi connectivity index (χ1) is 10.9. The average Bonchev–Trinajstić information content (AvgIpc) is 2.86. The molecule has 3 nitrogen and oxygen atoms in total. The Morgan fingerprint density at radius 1 is 1.18 bits per heavy atom. The van der Waals surface area contributed by atoms with Gasteiger partial charge in [-0.05, 0) is 42.6 Å².